The Morgan fingerprint density at radius 2 is 1.80 bits per heavy atom. The van der Waals surface area contributed by atoms with E-state index >= 15 is 0 Å². The van der Waals surface area contributed by atoms with Gasteiger partial charge in [0.1, 0.15) is 0 Å². The summed E-state index contributed by atoms with van der Waals surface area (Å²) >= 11 is 5.97. The Bertz CT molecular complexity index is 724. The fourth-order valence-electron chi connectivity index (χ4n) is 3.77. The lowest BCUT2D eigenvalue weighted by molar-refractivity contribution is 0.240. The largest absolute Gasteiger partial charge is 0.337 e. The van der Waals surface area contributed by atoms with E-state index in [1.807, 2.05) is 25.1 Å². The van der Waals surface area contributed by atoms with Crippen molar-refractivity contribution >= 4 is 23.3 Å². The molecule has 1 saturated carbocycles. The monoisotopic (exact) mass is 356 g/mol. The predicted octanol–water partition coefficient (Wildman–Crippen LogP) is 5.67. The standard InChI is InChI=1S/C21H25ClN2O/c1-16-14-18(22)10-11-19(16)24-20(25)23-15-21(12-6-3-7-13-21)17-8-4-2-5-9-17/h2,4-5,8-11,14H,3,6-7,12-13,15H2,1H3,(H2,23,24,25). The molecule has 2 amide bonds. The summed E-state index contributed by atoms with van der Waals surface area (Å²) in [5, 5.41) is 6.71. The van der Waals surface area contributed by atoms with Crippen LogP contribution in [0.1, 0.15) is 43.2 Å². The molecule has 25 heavy (non-hydrogen) atoms. The highest BCUT2D eigenvalue weighted by Gasteiger charge is 2.34. The minimum absolute atomic E-state index is 0.0475. The second-order valence-electron chi connectivity index (χ2n) is 6.97. The van der Waals surface area contributed by atoms with E-state index < -0.39 is 0 Å². The number of amides is 2. The smallest absolute Gasteiger partial charge is 0.319 e. The molecule has 1 fully saturated rings. The summed E-state index contributed by atoms with van der Waals surface area (Å²) in [4.78, 5) is 12.4. The molecule has 0 heterocycles. The molecule has 132 valence electrons. The average Bonchev–Trinajstić information content (AvgIpc) is 2.64. The maximum atomic E-state index is 12.4. The Kier molecular flexibility index (Phi) is 5.64. The molecule has 1 aliphatic rings. The maximum Gasteiger partial charge on any atom is 0.319 e. The van der Waals surface area contributed by atoms with Gasteiger partial charge >= 0.3 is 6.03 Å². The van der Waals surface area contributed by atoms with Crippen molar-refractivity contribution in [1.82, 2.24) is 5.32 Å². The molecule has 4 heteroatoms. The molecule has 3 nitrogen and oxygen atoms in total. The summed E-state index contributed by atoms with van der Waals surface area (Å²) < 4.78 is 0. The van der Waals surface area contributed by atoms with Gasteiger partial charge in [-0.25, -0.2) is 4.79 Å². The van der Waals surface area contributed by atoms with E-state index in [2.05, 4.69) is 34.9 Å². The molecule has 0 atom stereocenters. The summed E-state index contributed by atoms with van der Waals surface area (Å²) in [6.45, 7) is 2.60. The molecule has 0 spiro atoms. The van der Waals surface area contributed by atoms with E-state index in [0.717, 1.165) is 24.1 Å². The first-order valence-electron chi connectivity index (χ1n) is 8.96. The molecule has 0 aromatic heterocycles. The van der Waals surface area contributed by atoms with E-state index in [4.69, 9.17) is 11.6 Å². The predicted molar refractivity (Wildman–Crippen MR) is 104 cm³/mol. The second-order valence-corrected chi connectivity index (χ2v) is 7.41. The first-order valence-corrected chi connectivity index (χ1v) is 9.33. The van der Waals surface area contributed by atoms with Crippen molar-refractivity contribution in [1.29, 1.82) is 0 Å². The van der Waals surface area contributed by atoms with Crippen molar-refractivity contribution in [2.45, 2.75) is 44.4 Å². The second kappa shape index (κ2) is 7.92. The Balaban J connectivity index is 1.68. The van der Waals surface area contributed by atoms with Gasteiger partial charge in [0.05, 0.1) is 0 Å². The number of carbonyl (C=O) groups is 1. The minimum atomic E-state index is -0.161. The summed E-state index contributed by atoms with van der Waals surface area (Å²) in [6.07, 6.45) is 5.96. The van der Waals surface area contributed by atoms with Crippen molar-refractivity contribution in [2.75, 3.05) is 11.9 Å². The number of halogens is 1. The number of nitrogens with one attached hydrogen (secondary N) is 2. The van der Waals surface area contributed by atoms with Crippen molar-refractivity contribution in [3.8, 4) is 0 Å². The number of anilines is 1. The Hall–Kier alpha value is -2.00. The highest BCUT2D eigenvalue weighted by molar-refractivity contribution is 6.30. The number of aryl methyl sites for hydroxylation is 1. The number of carbonyl (C=O) groups excluding carboxylic acids is 1. The number of hydrogen-bond acceptors (Lipinski definition) is 1. The van der Waals surface area contributed by atoms with Crippen LogP contribution < -0.4 is 10.6 Å². The quantitative estimate of drug-likeness (QED) is 0.727. The van der Waals surface area contributed by atoms with Gasteiger partial charge in [0.15, 0.2) is 0 Å². The number of hydrogen-bond donors (Lipinski definition) is 2. The molecule has 0 bridgehead atoms. The molecule has 0 radical (unpaired) electrons. The van der Waals surface area contributed by atoms with E-state index in [9.17, 15) is 4.79 Å². The number of rotatable bonds is 4. The third-order valence-corrected chi connectivity index (χ3v) is 5.46. The molecule has 3 rings (SSSR count). The van der Waals surface area contributed by atoms with Crippen LogP contribution in [0.15, 0.2) is 48.5 Å². The Morgan fingerprint density at radius 1 is 1.08 bits per heavy atom. The zero-order valence-corrected chi connectivity index (χ0v) is 15.4. The molecule has 0 saturated heterocycles. The number of benzene rings is 2. The highest BCUT2D eigenvalue weighted by Crippen LogP contribution is 2.38. The zero-order valence-electron chi connectivity index (χ0n) is 14.6. The van der Waals surface area contributed by atoms with Crippen molar-refractivity contribution in [3.05, 3.63) is 64.7 Å². The van der Waals surface area contributed by atoms with E-state index in [-0.39, 0.29) is 11.4 Å². The van der Waals surface area contributed by atoms with E-state index in [1.54, 1.807) is 6.07 Å². The van der Waals surface area contributed by atoms with Crippen LogP contribution in [0.25, 0.3) is 0 Å². The van der Waals surface area contributed by atoms with Gasteiger partial charge in [-0.2, -0.15) is 0 Å². The molecular formula is C21H25ClN2O. The van der Waals surface area contributed by atoms with E-state index in [0.29, 0.717) is 11.6 Å². The lowest BCUT2D eigenvalue weighted by Gasteiger charge is -2.38. The lowest BCUT2D eigenvalue weighted by Crippen LogP contribution is -2.43. The fraction of sp³-hybridized carbons (Fsp3) is 0.381. The van der Waals surface area contributed by atoms with Crippen LogP contribution in [0.2, 0.25) is 5.02 Å². The van der Waals surface area contributed by atoms with Crippen molar-refractivity contribution < 1.29 is 4.79 Å². The van der Waals surface area contributed by atoms with Crippen LogP contribution >= 0.6 is 11.6 Å². The summed E-state index contributed by atoms with van der Waals surface area (Å²) in [6, 6.07) is 15.9. The normalized spacial score (nSPS) is 16.2. The van der Waals surface area contributed by atoms with Gasteiger partial charge in [0.2, 0.25) is 0 Å². The van der Waals surface area contributed by atoms with Crippen LogP contribution in [-0.2, 0) is 5.41 Å². The summed E-state index contributed by atoms with van der Waals surface area (Å²) in [7, 11) is 0. The Labute approximate surface area is 154 Å². The van der Waals surface area contributed by atoms with Crippen molar-refractivity contribution in [2.24, 2.45) is 0 Å². The molecule has 2 aromatic rings. The van der Waals surface area contributed by atoms with Crippen LogP contribution in [-0.4, -0.2) is 12.6 Å². The Morgan fingerprint density at radius 3 is 2.48 bits per heavy atom. The topological polar surface area (TPSA) is 41.1 Å². The molecule has 0 aliphatic heterocycles. The third kappa shape index (κ3) is 4.35. The highest BCUT2D eigenvalue weighted by atomic mass is 35.5. The van der Waals surface area contributed by atoms with Gasteiger partial charge in [-0.05, 0) is 49.1 Å². The summed E-state index contributed by atoms with van der Waals surface area (Å²) in [5.74, 6) is 0. The maximum absolute atomic E-state index is 12.4. The first kappa shape index (κ1) is 17.8. The van der Waals surface area contributed by atoms with Gasteiger partial charge in [0.25, 0.3) is 0 Å². The average molecular weight is 357 g/mol. The van der Waals surface area contributed by atoms with Crippen molar-refractivity contribution in [3.63, 3.8) is 0 Å². The summed E-state index contributed by atoms with van der Waals surface area (Å²) in [5.41, 5.74) is 3.13. The molecule has 2 aromatic carbocycles. The van der Waals surface area contributed by atoms with Gasteiger partial charge in [-0.1, -0.05) is 61.2 Å². The fourth-order valence-corrected chi connectivity index (χ4v) is 4.00. The zero-order chi connectivity index (χ0) is 17.7. The van der Waals surface area contributed by atoms with Gasteiger partial charge in [0, 0.05) is 22.7 Å². The van der Waals surface area contributed by atoms with Gasteiger partial charge in [-0.3, -0.25) is 0 Å². The minimum Gasteiger partial charge on any atom is -0.337 e. The first-order chi connectivity index (χ1) is 12.1. The number of urea groups is 1. The van der Waals surface area contributed by atoms with Gasteiger partial charge < -0.3 is 10.6 Å². The molecule has 2 N–H and O–H groups in total. The lowest BCUT2D eigenvalue weighted by atomic mass is 9.69. The van der Waals surface area contributed by atoms with Crippen LogP contribution in [0.4, 0.5) is 10.5 Å². The molecular weight excluding hydrogens is 332 g/mol. The molecule has 0 unspecified atom stereocenters. The van der Waals surface area contributed by atoms with E-state index in [1.165, 1.54) is 24.8 Å². The molecule has 1 aliphatic carbocycles. The van der Waals surface area contributed by atoms with Gasteiger partial charge in [-0.15, -0.1) is 0 Å². The third-order valence-electron chi connectivity index (χ3n) is 5.22. The SMILES string of the molecule is Cc1cc(Cl)ccc1NC(=O)NCC1(c2ccccc2)CCCCC1. The van der Waals surface area contributed by atoms with Crippen LogP contribution in [0, 0.1) is 6.92 Å². The van der Waals surface area contributed by atoms with Crippen LogP contribution in [0.5, 0.6) is 0 Å². The van der Waals surface area contributed by atoms with Crippen LogP contribution in [0.3, 0.4) is 0 Å².